The molecule has 0 saturated carbocycles. The molecule has 0 amide bonds. The summed E-state index contributed by atoms with van der Waals surface area (Å²) >= 11 is 0. The van der Waals surface area contributed by atoms with Gasteiger partial charge in [-0.25, -0.2) is 4.39 Å². The lowest BCUT2D eigenvalue weighted by Crippen LogP contribution is -2.18. The van der Waals surface area contributed by atoms with E-state index in [2.05, 4.69) is 17.4 Å². The molecule has 1 N–H and O–H groups in total. The zero-order valence-corrected chi connectivity index (χ0v) is 12.2. The Labute approximate surface area is 123 Å². The molecular weight excluding hydrogens is 265 g/mol. The number of para-hydroxylation sites is 1. The van der Waals surface area contributed by atoms with E-state index in [1.54, 1.807) is 0 Å². The summed E-state index contributed by atoms with van der Waals surface area (Å²) in [5.74, 6) is 0.699. The van der Waals surface area contributed by atoms with Gasteiger partial charge in [0.05, 0.1) is 6.04 Å². The van der Waals surface area contributed by atoms with Crippen LogP contribution in [0.2, 0.25) is 0 Å². The molecule has 2 aromatic carbocycles. The fourth-order valence-corrected chi connectivity index (χ4v) is 2.60. The van der Waals surface area contributed by atoms with Crippen LogP contribution in [0.1, 0.15) is 22.9 Å². The van der Waals surface area contributed by atoms with Crippen molar-refractivity contribution in [3.63, 3.8) is 0 Å². The van der Waals surface area contributed by atoms with Crippen LogP contribution in [0.3, 0.4) is 0 Å². The Morgan fingerprint density at radius 3 is 2.57 bits per heavy atom. The van der Waals surface area contributed by atoms with Gasteiger partial charge in [0, 0.05) is 5.39 Å². The van der Waals surface area contributed by atoms with Crippen molar-refractivity contribution in [3.8, 4) is 0 Å². The Morgan fingerprint density at radius 2 is 1.90 bits per heavy atom. The topological polar surface area (TPSA) is 25.2 Å². The van der Waals surface area contributed by atoms with Gasteiger partial charge in [-0.3, -0.25) is 0 Å². The van der Waals surface area contributed by atoms with E-state index in [1.165, 1.54) is 12.1 Å². The molecule has 0 spiro atoms. The van der Waals surface area contributed by atoms with E-state index >= 15 is 0 Å². The van der Waals surface area contributed by atoms with E-state index in [0.29, 0.717) is 0 Å². The van der Waals surface area contributed by atoms with Crippen molar-refractivity contribution in [2.75, 3.05) is 7.05 Å². The number of likely N-dealkylation sites (N-methyl/N-ethyl adjacent to an activating group) is 1. The van der Waals surface area contributed by atoms with Crippen LogP contribution in [0.25, 0.3) is 11.0 Å². The van der Waals surface area contributed by atoms with Crippen molar-refractivity contribution in [1.29, 1.82) is 0 Å². The molecule has 0 aliphatic rings. The molecule has 1 heterocycles. The van der Waals surface area contributed by atoms with Gasteiger partial charge < -0.3 is 9.73 Å². The highest BCUT2D eigenvalue weighted by molar-refractivity contribution is 5.81. The number of hydrogen-bond acceptors (Lipinski definition) is 2. The van der Waals surface area contributed by atoms with Crippen LogP contribution in [-0.2, 0) is 6.42 Å². The second kappa shape index (κ2) is 5.70. The first-order valence-electron chi connectivity index (χ1n) is 7.08. The standard InChI is InChI=1S/C18H18FNO/c1-12-4-3-5-14-11-17(21-18(12)14)16(20-2)10-13-6-8-15(19)9-7-13/h3-9,11,16,20H,10H2,1-2H3. The number of benzene rings is 2. The molecule has 21 heavy (non-hydrogen) atoms. The zero-order valence-electron chi connectivity index (χ0n) is 12.2. The first-order chi connectivity index (χ1) is 10.2. The van der Waals surface area contributed by atoms with E-state index in [4.69, 9.17) is 4.42 Å². The number of halogens is 1. The number of rotatable bonds is 4. The maximum Gasteiger partial charge on any atom is 0.137 e. The van der Waals surface area contributed by atoms with Gasteiger partial charge in [-0.2, -0.15) is 0 Å². The molecule has 3 heteroatoms. The van der Waals surface area contributed by atoms with E-state index in [-0.39, 0.29) is 11.9 Å². The molecule has 108 valence electrons. The lowest BCUT2D eigenvalue weighted by atomic mass is 10.0. The molecule has 0 bridgehead atoms. The van der Waals surface area contributed by atoms with Gasteiger partial charge in [-0.15, -0.1) is 0 Å². The smallest absolute Gasteiger partial charge is 0.137 e. The molecule has 3 rings (SSSR count). The highest BCUT2D eigenvalue weighted by atomic mass is 19.1. The summed E-state index contributed by atoms with van der Waals surface area (Å²) in [6.45, 7) is 2.05. The van der Waals surface area contributed by atoms with Crippen molar-refractivity contribution >= 4 is 11.0 Å². The summed E-state index contributed by atoms with van der Waals surface area (Å²) < 4.78 is 19.0. The molecule has 2 nitrogen and oxygen atoms in total. The summed E-state index contributed by atoms with van der Waals surface area (Å²) in [6, 6.07) is 14.9. The average Bonchev–Trinajstić information content (AvgIpc) is 2.92. The summed E-state index contributed by atoms with van der Waals surface area (Å²) in [5, 5.41) is 4.39. The molecule has 0 aliphatic heterocycles. The number of hydrogen-bond donors (Lipinski definition) is 1. The van der Waals surface area contributed by atoms with E-state index < -0.39 is 0 Å². The van der Waals surface area contributed by atoms with E-state index in [0.717, 1.165) is 34.3 Å². The zero-order chi connectivity index (χ0) is 14.8. The molecular formula is C18H18FNO. The lowest BCUT2D eigenvalue weighted by molar-refractivity contribution is 0.450. The maximum atomic E-state index is 13.0. The van der Waals surface area contributed by atoms with Crippen molar-refractivity contribution in [2.45, 2.75) is 19.4 Å². The lowest BCUT2D eigenvalue weighted by Gasteiger charge is -2.13. The Balaban J connectivity index is 1.90. The van der Waals surface area contributed by atoms with Gasteiger partial charge in [0.25, 0.3) is 0 Å². The van der Waals surface area contributed by atoms with Crippen LogP contribution in [0.4, 0.5) is 4.39 Å². The second-order valence-electron chi connectivity index (χ2n) is 5.31. The highest BCUT2D eigenvalue weighted by Gasteiger charge is 2.16. The van der Waals surface area contributed by atoms with Crippen molar-refractivity contribution in [3.05, 3.63) is 71.2 Å². The molecule has 1 atom stereocenters. The molecule has 1 unspecified atom stereocenters. The van der Waals surface area contributed by atoms with Crippen LogP contribution in [-0.4, -0.2) is 7.05 Å². The SMILES string of the molecule is CNC(Cc1ccc(F)cc1)c1cc2cccc(C)c2o1. The fourth-order valence-electron chi connectivity index (χ4n) is 2.60. The fraction of sp³-hybridized carbons (Fsp3) is 0.222. The van der Waals surface area contributed by atoms with Crippen LogP contribution in [0.5, 0.6) is 0 Å². The first-order valence-corrected chi connectivity index (χ1v) is 7.08. The predicted octanol–water partition coefficient (Wildman–Crippen LogP) is 4.38. The monoisotopic (exact) mass is 283 g/mol. The molecule has 0 fully saturated rings. The minimum Gasteiger partial charge on any atom is -0.459 e. The molecule has 0 saturated heterocycles. The predicted molar refractivity (Wildman–Crippen MR) is 82.9 cm³/mol. The summed E-state index contributed by atoms with van der Waals surface area (Å²) in [6.07, 6.45) is 0.760. The number of nitrogens with one attached hydrogen (secondary N) is 1. The number of furan rings is 1. The Hall–Kier alpha value is -2.13. The van der Waals surface area contributed by atoms with Crippen LogP contribution >= 0.6 is 0 Å². The number of aryl methyl sites for hydroxylation is 1. The number of fused-ring (bicyclic) bond motifs is 1. The highest BCUT2D eigenvalue weighted by Crippen LogP contribution is 2.28. The summed E-state index contributed by atoms with van der Waals surface area (Å²) in [7, 11) is 1.91. The first kappa shape index (κ1) is 13.8. The third-order valence-corrected chi connectivity index (χ3v) is 3.81. The van der Waals surface area contributed by atoms with Gasteiger partial charge in [0.2, 0.25) is 0 Å². The quantitative estimate of drug-likeness (QED) is 0.768. The van der Waals surface area contributed by atoms with Gasteiger partial charge >= 0.3 is 0 Å². The molecule has 0 radical (unpaired) electrons. The van der Waals surface area contributed by atoms with E-state index in [1.807, 2.05) is 38.2 Å². The molecule has 3 aromatic rings. The minimum atomic E-state index is -0.209. The Bertz CT molecular complexity index is 746. The molecule has 0 aliphatic carbocycles. The van der Waals surface area contributed by atoms with Gasteiger partial charge in [-0.05, 0) is 49.7 Å². The van der Waals surface area contributed by atoms with Crippen molar-refractivity contribution in [1.82, 2.24) is 5.32 Å². The Morgan fingerprint density at radius 1 is 1.14 bits per heavy atom. The van der Waals surface area contributed by atoms with Crippen LogP contribution in [0.15, 0.2) is 52.9 Å². The Kier molecular flexibility index (Phi) is 3.76. The third kappa shape index (κ3) is 2.83. The maximum absolute atomic E-state index is 13.0. The average molecular weight is 283 g/mol. The van der Waals surface area contributed by atoms with Crippen molar-refractivity contribution in [2.24, 2.45) is 0 Å². The van der Waals surface area contributed by atoms with Crippen LogP contribution < -0.4 is 5.32 Å². The normalized spacial score (nSPS) is 12.7. The second-order valence-corrected chi connectivity index (χ2v) is 5.31. The van der Waals surface area contributed by atoms with Gasteiger partial charge in [-0.1, -0.05) is 30.3 Å². The van der Waals surface area contributed by atoms with Gasteiger partial charge in [0.1, 0.15) is 17.2 Å². The minimum absolute atomic E-state index is 0.0715. The van der Waals surface area contributed by atoms with E-state index in [9.17, 15) is 4.39 Å². The van der Waals surface area contributed by atoms with Crippen LogP contribution in [0, 0.1) is 12.7 Å². The third-order valence-electron chi connectivity index (χ3n) is 3.81. The van der Waals surface area contributed by atoms with Crippen molar-refractivity contribution < 1.29 is 8.81 Å². The summed E-state index contributed by atoms with van der Waals surface area (Å²) in [5.41, 5.74) is 3.15. The summed E-state index contributed by atoms with van der Waals surface area (Å²) in [4.78, 5) is 0. The largest absolute Gasteiger partial charge is 0.459 e. The van der Waals surface area contributed by atoms with Gasteiger partial charge in [0.15, 0.2) is 0 Å². The molecule has 1 aromatic heterocycles.